The SMILES string of the molecule is BC(C)(CC)CO. The number of aliphatic hydroxyl groups is 1. The first-order valence-corrected chi connectivity index (χ1v) is 2.73. The Labute approximate surface area is 46.1 Å². The molecule has 1 atom stereocenters. The molecule has 0 bridgehead atoms. The lowest BCUT2D eigenvalue weighted by molar-refractivity contribution is 0.244. The first-order valence-electron chi connectivity index (χ1n) is 2.73. The first kappa shape index (κ1) is 7.02. The Balaban J connectivity index is 3.36. The average molecular weight is 100.0 g/mol. The Bertz CT molecular complexity index is 46.0. The molecule has 0 rings (SSSR count). The zero-order valence-corrected chi connectivity index (χ0v) is 5.36. The normalized spacial score (nSPS) is 18.7. The Morgan fingerprint density at radius 1 is 1.71 bits per heavy atom. The summed E-state index contributed by atoms with van der Waals surface area (Å²) >= 11 is 0. The zero-order chi connectivity index (χ0) is 5.91. The van der Waals surface area contributed by atoms with Gasteiger partial charge in [0.15, 0.2) is 0 Å². The fourth-order valence-corrected chi connectivity index (χ4v) is 0.112. The third-order valence-electron chi connectivity index (χ3n) is 1.39. The van der Waals surface area contributed by atoms with Gasteiger partial charge in [0.1, 0.15) is 7.85 Å². The molecule has 0 amide bonds. The molecular weight excluding hydrogens is 86.9 g/mol. The van der Waals surface area contributed by atoms with Crippen molar-refractivity contribution in [2.45, 2.75) is 25.6 Å². The summed E-state index contributed by atoms with van der Waals surface area (Å²) in [6.07, 6.45) is 1.05. The number of rotatable bonds is 2. The highest BCUT2D eigenvalue weighted by atomic mass is 16.3. The van der Waals surface area contributed by atoms with Gasteiger partial charge in [-0.05, 0) is 5.31 Å². The third-order valence-corrected chi connectivity index (χ3v) is 1.39. The summed E-state index contributed by atoms with van der Waals surface area (Å²) in [5, 5.41) is 8.73. The smallest absolute Gasteiger partial charge is 0.112 e. The summed E-state index contributed by atoms with van der Waals surface area (Å²) in [5.74, 6) is 0. The van der Waals surface area contributed by atoms with E-state index in [1.165, 1.54) is 0 Å². The van der Waals surface area contributed by atoms with E-state index in [0.29, 0.717) is 6.61 Å². The molecule has 0 radical (unpaired) electrons. The Kier molecular flexibility index (Phi) is 2.37. The van der Waals surface area contributed by atoms with Crippen LogP contribution in [-0.2, 0) is 0 Å². The van der Waals surface area contributed by atoms with Gasteiger partial charge in [-0.25, -0.2) is 0 Å². The minimum absolute atomic E-state index is 0.139. The van der Waals surface area contributed by atoms with Gasteiger partial charge in [-0.3, -0.25) is 0 Å². The lowest BCUT2D eigenvalue weighted by Crippen LogP contribution is -2.10. The van der Waals surface area contributed by atoms with E-state index in [1.807, 2.05) is 14.8 Å². The quantitative estimate of drug-likeness (QED) is 0.491. The van der Waals surface area contributed by atoms with Gasteiger partial charge in [0.2, 0.25) is 0 Å². The van der Waals surface area contributed by atoms with Crippen molar-refractivity contribution in [2.75, 3.05) is 6.61 Å². The molecule has 0 aromatic heterocycles. The van der Waals surface area contributed by atoms with E-state index in [4.69, 9.17) is 5.11 Å². The van der Waals surface area contributed by atoms with E-state index >= 15 is 0 Å². The second-order valence-corrected chi connectivity index (χ2v) is 2.68. The van der Waals surface area contributed by atoms with E-state index in [9.17, 15) is 0 Å². The minimum atomic E-state index is 0.139. The van der Waals surface area contributed by atoms with Crippen LogP contribution in [0.3, 0.4) is 0 Å². The maximum atomic E-state index is 8.59. The molecule has 42 valence electrons. The highest BCUT2D eigenvalue weighted by Crippen LogP contribution is 2.21. The van der Waals surface area contributed by atoms with Crippen LogP contribution in [-0.4, -0.2) is 19.6 Å². The van der Waals surface area contributed by atoms with Crippen LogP contribution in [0.25, 0.3) is 0 Å². The molecule has 0 aromatic rings. The van der Waals surface area contributed by atoms with Crippen molar-refractivity contribution in [3.8, 4) is 0 Å². The van der Waals surface area contributed by atoms with Gasteiger partial charge in [-0.2, -0.15) is 0 Å². The fraction of sp³-hybridized carbons (Fsp3) is 1.00. The lowest BCUT2D eigenvalue weighted by atomic mass is 9.69. The van der Waals surface area contributed by atoms with E-state index in [1.54, 1.807) is 0 Å². The summed E-state index contributed by atoms with van der Waals surface area (Å²) in [5.41, 5.74) is 0. The number of hydrogen-bond acceptors (Lipinski definition) is 1. The topological polar surface area (TPSA) is 20.2 Å². The molecule has 7 heavy (non-hydrogen) atoms. The molecule has 0 fully saturated rings. The molecule has 0 spiro atoms. The van der Waals surface area contributed by atoms with Crippen molar-refractivity contribution in [1.82, 2.24) is 0 Å². The number of hydrogen-bond donors (Lipinski definition) is 1. The maximum absolute atomic E-state index is 8.59. The summed E-state index contributed by atoms with van der Waals surface area (Å²) in [7, 11) is 2.05. The van der Waals surface area contributed by atoms with Crippen LogP contribution >= 0.6 is 0 Å². The van der Waals surface area contributed by atoms with Gasteiger partial charge in [-0.15, -0.1) is 0 Å². The van der Waals surface area contributed by atoms with Gasteiger partial charge < -0.3 is 5.11 Å². The molecule has 0 saturated heterocycles. The monoisotopic (exact) mass is 100 g/mol. The molecule has 2 heteroatoms. The van der Waals surface area contributed by atoms with Crippen LogP contribution in [0.2, 0.25) is 5.31 Å². The molecule has 0 aliphatic heterocycles. The highest BCUT2D eigenvalue weighted by molar-refractivity contribution is 6.14. The third kappa shape index (κ3) is 2.69. The van der Waals surface area contributed by atoms with Crippen LogP contribution in [0.5, 0.6) is 0 Å². The molecule has 0 saturated carbocycles. The van der Waals surface area contributed by atoms with Gasteiger partial charge >= 0.3 is 0 Å². The van der Waals surface area contributed by atoms with Crippen LogP contribution < -0.4 is 0 Å². The van der Waals surface area contributed by atoms with Crippen molar-refractivity contribution in [3.05, 3.63) is 0 Å². The highest BCUT2D eigenvalue weighted by Gasteiger charge is 2.11. The van der Waals surface area contributed by atoms with Crippen molar-refractivity contribution in [2.24, 2.45) is 0 Å². The molecular formula is C5H13BO. The largest absolute Gasteiger partial charge is 0.397 e. The van der Waals surface area contributed by atoms with Crippen LogP contribution in [0.4, 0.5) is 0 Å². The summed E-state index contributed by atoms with van der Waals surface area (Å²) in [4.78, 5) is 0. The molecule has 0 aliphatic carbocycles. The number of aliphatic hydroxyl groups excluding tert-OH is 1. The fourth-order valence-electron chi connectivity index (χ4n) is 0.112. The van der Waals surface area contributed by atoms with Gasteiger partial charge in [-0.1, -0.05) is 20.3 Å². The van der Waals surface area contributed by atoms with Crippen molar-refractivity contribution < 1.29 is 5.11 Å². The van der Waals surface area contributed by atoms with Crippen LogP contribution in [0.15, 0.2) is 0 Å². The van der Waals surface area contributed by atoms with Gasteiger partial charge in [0.25, 0.3) is 0 Å². The minimum Gasteiger partial charge on any atom is -0.397 e. The summed E-state index contributed by atoms with van der Waals surface area (Å²) in [6.45, 7) is 4.42. The summed E-state index contributed by atoms with van der Waals surface area (Å²) < 4.78 is 0. The standard InChI is InChI=1S/C5H13BO/c1-3-5(2,6)4-7/h7H,3-4,6H2,1-2H3. The Morgan fingerprint density at radius 3 is 2.14 bits per heavy atom. The second kappa shape index (κ2) is 2.36. The summed E-state index contributed by atoms with van der Waals surface area (Å²) in [6, 6.07) is 0. The van der Waals surface area contributed by atoms with Crippen LogP contribution in [0.1, 0.15) is 20.3 Å². The van der Waals surface area contributed by atoms with Gasteiger partial charge in [0.05, 0.1) is 0 Å². The molecule has 0 aliphatic rings. The second-order valence-electron chi connectivity index (χ2n) is 2.68. The van der Waals surface area contributed by atoms with Crippen molar-refractivity contribution >= 4 is 7.85 Å². The molecule has 1 unspecified atom stereocenters. The molecule has 0 heterocycles. The maximum Gasteiger partial charge on any atom is 0.112 e. The Hall–Kier alpha value is 0.0249. The van der Waals surface area contributed by atoms with Gasteiger partial charge in [0, 0.05) is 6.61 Å². The predicted octanol–water partition coefficient (Wildman–Crippen LogP) is 0.200. The van der Waals surface area contributed by atoms with Crippen LogP contribution in [0, 0.1) is 0 Å². The van der Waals surface area contributed by atoms with E-state index in [2.05, 4.69) is 6.92 Å². The zero-order valence-electron chi connectivity index (χ0n) is 5.36. The van der Waals surface area contributed by atoms with E-state index < -0.39 is 0 Å². The lowest BCUT2D eigenvalue weighted by Gasteiger charge is -2.17. The molecule has 0 aromatic carbocycles. The Morgan fingerprint density at radius 2 is 2.14 bits per heavy atom. The van der Waals surface area contributed by atoms with E-state index in [-0.39, 0.29) is 5.31 Å². The van der Waals surface area contributed by atoms with E-state index in [0.717, 1.165) is 6.42 Å². The molecule has 1 nitrogen and oxygen atoms in total. The predicted molar refractivity (Wildman–Crippen MR) is 34.3 cm³/mol. The van der Waals surface area contributed by atoms with Crippen molar-refractivity contribution in [3.63, 3.8) is 0 Å². The van der Waals surface area contributed by atoms with Crippen molar-refractivity contribution in [1.29, 1.82) is 0 Å². The molecule has 1 N–H and O–H groups in total. The average Bonchev–Trinajstić information content (AvgIpc) is 1.68. The first-order chi connectivity index (χ1) is 3.12.